The molecule has 2 aromatic rings. The van der Waals surface area contributed by atoms with Gasteiger partial charge in [-0.15, -0.1) is 0 Å². The number of hydrogen-bond acceptors (Lipinski definition) is 5. The van der Waals surface area contributed by atoms with Crippen LogP contribution in [-0.2, 0) is 4.79 Å². The molecule has 1 saturated carbocycles. The molecule has 7 nitrogen and oxygen atoms in total. The molecule has 0 N–H and O–H groups in total. The van der Waals surface area contributed by atoms with Crippen molar-refractivity contribution >= 4 is 17.6 Å². The van der Waals surface area contributed by atoms with E-state index in [-0.39, 0.29) is 17.9 Å². The van der Waals surface area contributed by atoms with Gasteiger partial charge in [-0.25, -0.2) is 4.98 Å². The first kappa shape index (κ1) is 22.4. The number of nitriles is 1. The zero-order valence-corrected chi connectivity index (χ0v) is 19.5. The Morgan fingerprint density at radius 2 is 1.76 bits per heavy atom. The molecule has 2 amide bonds. The predicted octanol–water partition coefficient (Wildman–Crippen LogP) is 3.47. The van der Waals surface area contributed by atoms with Gasteiger partial charge in [-0.05, 0) is 55.9 Å². The maximum Gasteiger partial charge on any atom is 0.254 e. The number of nitrogens with zero attached hydrogens (tertiary/aromatic N) is 5. The second-order valence-electron chi connectivity index (χ2n) is 9.59. The number of hydrogen-bond donors (Lipinski definition) is 0. The second-order valence-corrected chi connectivity index (χ2v) is 9.59. The van der Waals surface area contributed by atoms with Gasteiger partial charge in [0.05, 0.1) is 5.56 Å². The van der Waals surface area contributed by atoms with Gasteiger partial charge in [0.1, 0.15) is 17.9 Å². The molecular weight excluding hydrogens is 426 g/mol. The van der Waals surface area contributed by atoms with Gasteiger partial charge in [-0.2, -0.15) is 5.26 Å². The lowest BCUT2D eigenvalue weighted by molar-refractivity contribution is -0.135. The molecule has 3 aliphatic rings. The molecular formula is C27H31N5O2. The van der Waals surface area contributed by atoms with E-state index in [0.29, 0.717) is 42.5 Å². The quantitative estimate of drug-likeness (QED) is 0.705. The number of fused-ring (bicyclic) bond motifs is 1. The average Bonchev–Trinajstić information content (AvgIpc) is 3.11. The summed E-state index contributed by atoms with van der Waals surface area (Å²) in [6, 6.07) is 14.9. The summed E-state index contributed by atoms with van der Waals surface area (Å²) in [5.41, 5.74) is 1.22. The Labute approximate surface area is 201 Å². The van der Waals surface area contributed by atoms with Crippen molar-refractivity contribution in [2.75, 3.05) is 31.1 Å². The van der Waals surface area contributed by atoms with Crippen LogP contribution in [0, 0.1) is 17.2 Å². The topological polar surface area (TPSA) is 80.5 Å². The first-order chi connectivity index (χ1) is 16.7. The SMILES string of the molecule is N#Cc1cccnc1N1CCCN(C(=O)C2CC3CCCCC3N2C(=O)c2ccccc2)CC1. The zero-order chi connectivity index (χ0) is 23.5. The van der Waals surface area contributed by atoms with E-state index >= 15 is 0 Å². The van der Waals surface area contributed by atoms with Crippen LogP contribution >= 0.6 is 0 Å². The number of aromatic nitrogens is 1. The molecule has 1 aliphatic carbocycles. The van der Waals surface area contributed by atoms with Crippen molar-refractivity contribution in [2.45, 2.75) is 50.6 Å². The number of rotatable bonds is 3. The monoisotopic (exact) mass is 457 g/mol. The van der Waals surface area contributed by atoms with Crippen molar-refractivity contribution in [3.8, 4) is 6.07 Å². The molecule has 3 fully saturated rings. The third-order valence-corrected chi connectivity index (χ3v) is 7.64. The van der Waals surface area contributed by atoms with E-state index in [2.05, 4.69) is 16.0 Å². The summed E-state index contributed by atoms with van der Waals surface area (Å²) in [6.45, 7) is 2.60. The molecule has 3 unspecified atom stereocenters. The van der Waals surface area contributed by atoms with Crippen molar-refractivity contribution in [3.05, 3.63) is 59.8 Å². The molecule has 3 atom stereocenters. The third-order valence-electron chi connectivity index (χ3n) is 7.64. The van der Waals surface area contributed by atoms with Crippen molar-refractivity contribution in [1.29, 1.82) is 5.26 Å². The molecule has 2 aliphatic heterocycles. The number of carbonyl (C=O) groups is 2. The van der Waals surface area contributed by atoms with Crippen molar-refractivity contribution < 1.29 is 9.59 Å². The minimum absolute atomic E-state index is 0.0167. The van der Waals surface area contributed by atoms with Gasteiger partial charge in [-0.1, -0.05) is 31.0 Å². The molecule has 34 heavy (non-hydrogen) atoms. The van der Waals surface area contributed by atoms with Crippen molar-refractivity contribution in [2.24, 2.45) is 5.92 Å². The van der Waals surface area contributed by atoms with Crippen LogP contribution < -0.4 is 4.90 Å². The molecule has 0 radical (unpaired) electrons. The van der Waals surface area contributed by atoms with Crippen molar-refractivity contribution in [1.82, 2.24) is 14.8 Å². The molecule has 1 aromatic carbocycles. The molecule has 7 heteroatoms. The Balaban J connectivity index is 1.35. The van der Waals surface area contributed by atoms with Crippen LogP contribution in [0.25, 0.3) is 0 Å². The molecule has 5 rings (SSSR count). The zero-order valence-electron chi connectivity index (χ0n) is 19.5. The summed E-state index contributed by atoms with van der Waals surface area (Å²) in [4.78, 5) is 37.8. The lowest BCUT2D eigenvalue weighted by atomic mass is 9.84. The maximum atomic E-state index is 13.9. The molecule has 0 bridgehead atoms. The second kappa shape index (κ2) is 9.84. The Kier molecular flexibility index (Phi) is 6.48. The number of carbonyl (C=O) groups excluding carboxylic acids is 2. The van der Waals surface area contributed by atoms with Crippen molar-refractivity contribution in [3.63, 3.8) is 0 Å². The van der Waals surface area contributed by atoms with Gasteiger partial charge in [0, 0.05) is 44.0 Å². The molecule has 176 valence electrons. The van der Waals surface area contributed by atoms with E-state index in [0.717, 1.165) is 38.6 Å². The van der Waals surface area contributed by atoms with Crippen LogP contribution in [0.5, 0.6) is 0 Å². The normalized spacial score (nSPS) is 24.8. The largest absolute Gasteiger partial charge is 0.354 e. The number of pyridine rings is 1. The number of anilines is 1. The highest BCUT2D eigenvalue weighted by Gasteiger charge is 2.48. The number of likely N-dealkylation sites (tertiary alicyclic amines) is 1. The third kappa shape index (κ3) is 4.25. The van der Waals surface area contributed by atoms with E-state index < -0.39 is 6.04 Å². The Morgan fingerprint density at radius 1 is 0.941 bits per heavy atom. The summed E-state index contributed by atoms with van der Waals surface area (Å²) < 4.78 is 0. The van der Waals surface area contributed by atoms with Crippen LogP contribution in [0.2, 0.25) is 0 Å². The van der Waals surface area contributed by atoms with Gasteiger partial charge >= 0.3 is 0 Å². The maximum absolute atomic E-state index is 13.9. The van der Waals surface area contributed by atoms with Gasteiger partial charge in [0.25, 0.3) is 5.91 Å². The van der Waals surface area contributed by atoms with E-state index in [1.165, 1.54) is 6.42 Å². The average molecular weight is 458 g/mol. The Hall–Kier alpha value is -3.40. The van der Waals surface area contributed by atoms with Crippen LogP contribution in [0.1, 0.15) is 54.4 Å². The van der Waals surface area contributed by atoms with Crippen LogP contribution in [-0.4, -0.2) is 64.9 Å². The van der Waals surface area contributed by atoms with E-state index in [1.807, 2.05) is 40.1 Å². The van der Waals surface area contributed by atoms with Gasteiger partial charge in [0.15, 0.2) is 0 Å². The highest BCUT2D eigenvalue weighted by atomic mass is 16.2. The fourth-order valence-electron chi connectivity index (χ4n) is 6.00. The highest BCUT2D eigenvalue weighted by Crippen LogP contribution is 2.41. The smallest absolute Gasteiger partial charge is 0.254 e. The summed E-state index contributed by atoms with van der Waals surface area (Å²) in [5, 5.41) is 9.46. The number of amides is 2. The van der Waals surface area contributed by atoms with Crippen LogP contribution in [0.3, 0.4) is 0 Å². The highest BCUT2D eigenvalue weighted by molar-refractivity contribution is 5.98. The predicted molar refractivity (Wildman–Crippen MR) is 129 cm³/mol. The van der Waals surface area contributed by atoms with Gasteiger partial charge in [-0.3, -0.25) is 9.59 Å². The van der Waals surface area contributed by atoms with Crippen LogP contribution in [0.4, 0.5) is 5.82 Å². The molecule has 3 heterocycles. The van der Waals surface area contributed by atoms with Crippen LogP contribution in [0.15, 0.2) is 48.7 Å². The first-order valence-electron chi connectivity index (χ1n) is 12.4. The summed E-state index contributed by atoms with van der Waals surface area (Å²) >= 11 is 0. The van der Waals surface area contributed by atoms with Gasteiger partial charge in [0.2, 0.25) is 5.91 Å². The Bertz CT molecular complexity index is 1080. The fourth-order valence-corrected chi connectivity index (χ4v) is 6.00. The summed E-state index contributed by atoms with van der Waals surface area (Å²) in [6.07, 6.45) is 7.65. The summed E-state index contributed by atoms with van der Waals surface area (Å²) in [7, 11) is 0. The van der Waals surface area contributed by atoms with E-state index in [4.69, 9.17) is 0 Å². The Morgan fingerprint density at radius 3 is 2.59 bits per heavy atom. The minimum Gasteiger partial charge on any atom is -0.354 e. The molecule has 2 saturated heterocycles. The standard InChI is InChI=1S/C27H31N5O2/c28-19-22-11-6-13-29-25(22)30-14-7-15-31(17-16-30)27(34)24-18-21-10-4-5-12-23(21)32(24)26(33)20-8-2-1-3-9-20/h1-3,6,8-9,11,13,21,23-24H,4-5,7,10,12,14-18H2. The molecule has 0 spiro atoms. The summed E-state index contributed by atoms with van der Waals surface area (Å²) in [5.74, 6) is 1.15. The fraction of sp³-hybridized carbons (Fsp3) is 0.481. The lowest BCUT2D eigenvalue weighted by Crippen LogP contribution is -2.51. The van der Waals surface area contributed by atoms with E-state index in [9.17, 15) is 14.9 Å². The first-order valence-corrected chi connectivity index (χ1v) is 12.4. The molecule has 1 aromatic heterocycles. The van der Waals surface area contributed by atoms with E-state index in [1.54, 1.807) is 18.3 Å². The minimum atomic E-state index is -0.392. The van der Waals surface area contributed by atoms with Gasteiger partial charge < -0.3 is 14.7 Å². The number of benzene rings is 1. The lowest BCUT2D eigenvalue weighted by Gasteiger charge is -2.35.